The number of imide groups is 1. The molecule has 4 rings (SSSR count). The maximum Gasteiger partial charge on any atom is 0.338 e. The molecule has 7 heteroatoms. The van der Waals surface area contributed by atoms with Crippen LogP contribution in [0, 0.1) is 13.8 Å². The second kappa shape index (κ2) is 8.11. The average molecular weight is 428 g/mol. The zero-order chi connectivity index (χ0) is 23.0. The van der Waals surface area contributed by atoms with Crippen LogP contribution >= 0.6 is 0 Å². The number of carbonyl (C=O) groups excluding carboxylic acids is 4. The van der Waals surface area contributed by atoms with E-state index < -0.39 is 30.2 Å². The van der Waals surface area contributed by atoms with Crippen molar-refractivity contribution in [3.8, 4) is 0 Å². The molecule has 160 valence electrons. The minimum atomic E-state index is -0.769. The lowest BCUT2D eigenvalue weighted by Gasteiger charge is -2.15. The molecule has 0 atom stereocenters. The van der Waals surface area contributed by atoms with Crippen LogP contribution in [0.15, 0.2) is 60.7 Å². The number of Topliss-reactive ketones (excluding diaryl/α,β-unsaturated/α-hetero) is 1. The van der Waals surface area contributed by atoms with Gasteiger partial charge in [-0.1, -0.05) is 18.2 Å². The summed E-state index contributed by atoms with van der Waals surface area (Å²) in [5.74, 6) is -2.14. The van der Waals surface area contributed by atoms with E-state index in [1.54, 1.807) is 30.3 Å². The van der Waals surface area contributed by atoms with Crippen LogP contribution in [0.3, 0.4) is 0 Å². The summed E-state index contributed by atoms with van der Waals surface area (Å²) >= 11 is 0. The fourth-order valence-electron chi connectivity index (χ4n) is 3.48. The fourth-order valence-corrected chi connectivity index (χ4v) is 3.48. The average Bonchev–Trinajstić information content (AvgIpc) is 3.03. The number of rotatable bonds is 5. The van der Waals surface area contributed by atoms with Crippen molar-refractivity contribution in [2.45, 2.75) is 13.8 Å². The minimum absolute atomic E-state index is 0.0761. The van der Waals surface area contributed by atoms with Gasteiger partial charge in [-0.15, -0.1) is 0 Å². The van der Waals surface area contributed by atoms with Gasteiger partial charge in [0.1, 0.15) is 0 Å². The predicted molar refractivity (Wildman–Crippen MR) is 119 cm³/mol. The van der Waals surface area contributed by atoms with Gasteiger partial charge < -0.3 is 10.5 Å². The minimum Gasteiger partial charge on any atom is -0.454 e. The number of benzene rings is 3. The monoisotopic (exact) mass is 428 g/mol. The van der Waals surface area contributed by atoms with Crippen molar-refractivity contribution in [3.63, 3.8) is 0 Å². The van der Waals surface area contributed by atoms with Crippen LogP contribution < -0.4 is 10.6 Å². The van der Waals surface area contributed by atoms with Gasteiger partial charge in [-0.05, 0) is 67.4 Å². The molecule has 2 N–H and O–H groups in total. The molecular weight excluding hydrogens is 408 g/mol. The molecule has 32 heavy (non-hydrogen) atoms. The van der Waals surface area contributed by atoms with E-state index >= 15 is 0 Å². The maximum atomic E-state index is 12.9. The summed E-state index contributed by atoms with van der Waals surface area (Å²) in [4.78, 5) is 51.5. The molecule has 2 amide bonds. The molecule has 1 aliphatic rings. The standard InChI is InChI=1S/C25H20N2O5/c1-14-6-8-19(10-15(14)2)27-23(29)20-9-7-17(12-21(20)24(27)30)25(31)32-13-22(28)16-4-3-5-18(26)11-16/h3-12H,13,26H2,1-2H3. The van der Waals surface area contributed by atoms with Crippen LogP contribution in [0.25, 0.3) is 0 Å². The highest BCUT2D eigenvalue weighted by atomic mass is 16.5. The van der Waals surface area contributed by atoms with E-state index in [2.05, 4.69) is 0 Å². The SMILES string of the molecule is Cc1ccc(N2C(=O)c3ccc(C(=O)OCC(=O)c4cccc(N)c4)cc3C2=O)cc1C. The second-order valence-corrected chi connectivity index (χ2v) is 7.60. The normalized spacial score (nSPS) is 12.6. The zero-order valence-electron chi connectivity index (χ0n) is 17.5. The molecule has 0 bridgehead atoms. The van der Waals surface area contributed by atoms with Crippen LogP contribution in [0.2, 0.25) is 0 Å². The first-order chi connectivity index (χ1) is 15.3. The number of anilines is 2. The lowest BCUT2D eigenvalue weighted by molar-refractivity contribution is 0.0474. The molecule has 3 aromatic rings. The molecule has 0 aliphatic carbocycles. The number of hydrogen-bond donors (Lipinski definition) is 1. The number of aryl methyl sites for hydroxylation is 2. The number of nitrogens with two attached hydrogens (primary N) is 1. The van der Waals surface area contributed by atoms with Gasteiger partial charge in [0.25, 0.3) is 11.8 Å². The lowest BCUT2D eigenvalue weighted by atomic mass is 10.1. The van der Waals surface area contributed by atoms with Gasteiger partial charge in [0.15, 0.2) is 12.4 Å². The van der Waals surface area contributed by atoms with E-state index in [1.165, 1.54) is 24.3 Å². The third-order valence-corrected chi connectivity index (χ3v) is 5.41. The number of ether oxygens (including phenoxy) is 1. The highest BCUT2D eigenvalue weighted by molar-refractivity contribution is 6.34. The van der Waals surface area contributed by atoms with Gasteiger partial charge in [0, 0.05) is 11.3 Å². The Kier molecular flexibility index (Phi) is 5.32. The molecule has 0 radical (unpaired) electrons. The van der Waals surface area contributed by atoms with Gasteiger partial charge in [-0.2, -0.15) is 0 Å². The van der Waals surface area contributed by atoms with Crippen LogP contribution in [-0.4, -0.2) is 30.2 Å². The molecule has 3 aromatic carbocycles. The number of hydrogen-bond acceptors (Lipinski definition) is 6. The summed E-state index contributed by atoms with van der Waals surface area (Å²) in [5, 5.41) is 0. The molecule has 0 saturated carbocycles. The van der Waals surface area contributed by atoms with Crippen molar-refractivity contribution in [1.29, 1.82) is 0 Å². The molecule has 1 heterocycles. The molecule has 0 unspecified atom stereocenters. The molecule has 1 aliphatic heterocycles. The third kappa shape index (κ3) is 3.76. The predicted octanol–water partition coefficient (Wildman–Crippen LogP) is 3.73. The summed E-state index contributed by atoms with van der Waals surface area (Å²) in [5.41, 5.74) is 9.29. The van der Waals surface area contributed by atoms with E-state index in [1.807, 2.05) is 19.9 Å². The largest absolute Gasteiger partial charge is 0.454 e. The van der Waals surface area contributed by atoms with E-state index in [0.717, 1.165) is 16.0 Å². The molecule has 0 aromatic heterocycles. The van der Waals surface area contributed by atoms with E-state index in [4.69, 9.17) is 10.5 Å². The third-order valence-electron chi connectivity index (χ3n) is 5.41. The summed E-state index contributed by atoms with van der Waals surface area (Å²) in [6, 6.07) is 15.8. The second-order valence-electron chi connectivity index (χ2n) is 7.60. The number of carbonyl (C=O) groups is 4. The maximum absolute atomic E-state index is 12.9. The number of nitrogens with zero attached hydrogens (tertiary/aromatic N) is 1. The van der Waals surface area contributed by atoms with Crippen molar-refractivity contribution in [2.24, 2.45) is 0 Å². The van der Waals surface area contributed by atoms with Crippen molar-refractivity contribution in [3.05, 3.63) is 94.0 Å². The van der Waals surface area contributed by atoms with Crippen LogP contribution in [0.5, 0.6) is 0 Å². The van der Waals surface area contributed by atoms with Gasteiger partial charge in [0.2, 0.25) is 0 Å². The van der Waals surface area contributed by atoms with Crippen LogP contribution in [-0.2, 0) is 4.74 Å². The molecule has 0 fully saturated rings. The van der Waals surface area contributed by atoms with Gasteiger partial charge in [-0.25, -0.2) is 9.69 Å². The highest BCUT2D eigenvalue weighted by Gasteiger charge is 2.37. The quantitative estimate of drug-likeness (QED) is 0.287. The van der Waals surface area contributed by atoms with Crippen molar-refractivity contribution < 1.29 is 23.9 Å². The topological polar surface area (TPSA) is 107 Å². The number of nitrogen functional groups attached to an aromatic ring is 1. The lowest BCUT2D eigenvalue weighted by Crippen LogP contribution is -2.29. The first-order valence-electron chi connectivity index (χ1n) is 9.92. The van der Waals surface area contributed by atoms with Gasteiger partial charge in [-0.3, -0.25) is 14.4 Å². The van der Waals surface area contributed by atoms with E-state index in [0.29, 0.717) is 16.9 Å². The van der Waals surface area contributed by atoms with E-state index in [-0.39, 0.29) is 16.7 Å². The molecular formula is C25H20N2O5. The van der Waals surface area contributed by atoms with Crippen molar-refractivity contribution in [2.75, 3.05) is 17.2 Å². The Morgan fingerprint density at radius 3 is 2.31 bits per heavy atom. The fraction of sp³-hybridized carbons (Fsp3) is 0.120. The Morgan fingerprint density at radius 1 is 0.844 bits per heavy atom. The molecule has 0 spiro atoms. The smallest absolute Gasteiger partial charge is 0.338 e. The number of amides is 2. The van der Waals surface area contributed by atoms with Gasteiger partial charge in [0.05, 0.1) is 22.4 Å². The summed E-state index contributed by atoms with van der Waals surface area (Å²) in [6.07, 6.45) is 0. The highest BCUT2D eigenvalue weighted by Crippen LogP contribution is 2.30. The molecule has 0 saturated heterocycles. The summed E-state index contributed by atoms with van der Waals surface area (Å²) < 4.78 is 5.11. The Labute approximate surface area is 184 Å². The van der Waals surface area contributed by atoms with Crippen LogP contribution in [0.1, 0.15) is 52.6 Å². The number of ketones is 1. The molecule has 7 nitrogen and oxygen atoms in total. The summed E-state index contributed by atoms with van der Waals surface area (Å²) in [6.45, 7) is 3.37. The Bertz CT molecular complexity index is 1300. The Morgan fingerprint density at radius 2 is 1.59 bits per heavy atom. The van der Waals surface area contributed by atoms with E-state index in [9.17, 15) is 19.2 Å². The Balaban J connectivity index is 1.52. The van der Waals surface area contributed by atoms with Crippen molar-refractivity contribution in [1.82, 2.24) is 0 Å². The summed E-state index contributed by atoms with van der Waals surface area (Å²) in [7, 11) is 0. The Hall–Kier alpha value is -4.26. The first-order valence-corrected chi connectivity index (χ1v) is 9.92. The number of fused-ring (bicyclic) bond motifs is 1. The van der Waals surface area contributed by atoms with Crippen LogP contribution in [0.4, 0.5) is 11.4 Å². The van der Waals surface area contributed by atoms with Crippen molar-refractivity contribution >= 4 is 34.9 Å². The zero-order valence-corrected chi connectivity index (χ0v) is 17.5. The first kappa shape index (κ1) is 21.0. The van der Waals surface area contributed by atoms with Gasteiger partial charge >= 0.3 is 5.97 Å². The number of esters is 1.